The van der Waals surface area contributed by atoms with Crippen LogP contribution in [0, 0.1) is 17.1 Å². The minimum atomic E-state index is -0.500. The molecule has 2 rings (SSSR count). The Morgan fingerprint density at radius 1 is 1.22 bits per heavy atom. The average Bonchev–Trinajstić information content (AvgIpc) is 2.37. The Balaban J connectivity index is 2.58. The Hall–Kier alpha value is -2.18. The molecule has 0 radical (unpaired) electrons. The van der Waals surface area contributed by atoms with E-state index in [0.717, 1.165) is 6.07 Å². The van der Waals surface area contributed by atoms with Crippen molar-refractivity contribution in [1.29, 1.82) is 5.26 Å². The van der Waals surface area contributed by atoms with E-state index in [-0.39, 0.29) is 5.56 Å². The maximum absolute atomic E-state index is 13.3. The van der Waals surface area contributed by atoms with E-state index in [0.29, 0.717) is 28.0 Å². The molecule has 2 aromatic rings. The summed E-state index contributed by atoms with van der Waals surface area (Å²) in [5.41, 5.74) is 1.76. The van der Waals surface area contributed by atoms with E-state index in [1.807, 2.05) is 6.07 Å². The van der Waals surface area contributed by atoms with Gasteiger partial charge in [-0.25, -0.2) is 4.39 Å². The molecule has 4 heteroatoms. The number of halogens is 2. The lowest BCUT2D eigenvalue weighted by atomic mass is 10.0. The zero-order chi connectivity index (χ0) is 13.1. The molecular formula is C14H7ClFNO. The summed E-state index contributed by atoms with van der Waals surface area (Å²) in [6.45, 7) is 0. The highest BCUT2D eigenvalue weighted by atomic mass is 35.5. The summed E-state index contributed by atoms with van der Waals surface area (Å²) in [5.74, 6) is -0.500. The highest BCUT2D eigenvalue weighted by molar-refractivity contribution is 6.33. The summed E-state index contributed by atoms with van der Waals surface area (Å²) in [4.78, 5) is 10.6. The summed E-state index contributed by atoms with van der Waals surface area (Å²) < 4.78 is 13.3. The molecule has 0 saturated heterocycles. The van der Waals surface area contributed by atoms with Crippen molar-refractivity contribution in [3.8, 4) is 17.2 Å². The number of benzene rings is 2. The second-order valence-corrected chi connectivity index (χ2v) is 4.10. The van der Waals surface area contributed by atoms with Crippen LogP contribution in [-0.2, 0) is 0 Å². The SMILES string of the molecule is N#Cc1cc(F)cc(-c2ccc(C=O)cc2Cl)c1. The zero-order valence-corrected chi connectivity index (χ0v) is 9.91. The number of rotatable bonds is 2. The van der Waals surface area contributed by atoms with Crippen molar-refractivity contribution >= 4 is 17.9 Å². The zero-order valence-electron chi connectivity index (χ0n) is 9.15. The molecule has 0 aliphatic heterocycles. The third-order valence-electron chi connectivity index (χ3n) is 2.47. The average molecular weight is 260 g/mol. The third-order valence-corrected chi connectivity index (χ3v) is 2.78. The fourth-order valence-electron chi connectivity index (χ4n) is 1.65. The molecular weight excluding hydrogens is 253 g/mol. The first-order valence-corrected chi connectivity index (χ1v) is 5.47. The molecule has 0 aliphatic rings. The number of hydrogen-bond acceptors (Lipinski definition) is 2. The van der Waals surface area contributed by atoms with Gasteiger partial charge in [0.1, 0.15) is 12.1 Å². The number of nitrogens with zero attached hydrogens (tertiary/aromatic N) is 1. The molecule has 0 N–H and O–H groups in total. The van der Waals surface area contributed by atoms with Gasteiger partial charge in [0.25, 0.3) is 0 Å². The Morgan fingerprint density at radius 2 is 2.00 bits per heavy atom. The first-order chi connectivity index (χ1) is 8.63. The number of carbonyl (C=O) groups excluding carboxylic acids is 1. The molecule has 18 heavy (non-hydrogen) atoms. The first kappa shape index (κ1) is 12.3. The Labute approximate surface area is 108 Å². The molecule has 0 aromatic heterocycles. The van der Waals surface area contributed by atoms with E-state index >= 15 is 0 Å². The molecule has 0 amide bonds. The summed E-state index contributed by atoms with van der Waals surface area (Å²) >= 11 is 6.03. The topological polar surface area (TPSA) is 40.9 Å². The van der Waals surface area contributed by atoms with Crippen LogP contribution in [0.3, 0.4) is 0 Å². The summed E-state index contributed by atoms with van der Waals surface area (Å²) in [7, 11) is 0. The van der Waals surface area contributed by atoms with Crippen LogP contribution in [0.2, 0.25) is 5.02 Å². The Bertz CT molecular complexity index is 661. The number of hydrogen-bond donors (Lipinski definition) is 0. The van der Waals surface area contributed by atoms with Gasteiger partial charge >= 0.3 is 0 Å². The second-order valence-electron chi connectivity index (χ2n) is 3.70. The fraction of sp³-hybridized carbons (Fsp3) is 0. The van der Waals surface area contributed by atoms with Gasteiger partial charge in [0.15, 0.2) is 0 Å². The minimum absolute atomic E-state index is 0.223. The van der Waals surface area contributed by atoms with Gasteiger partial charge in [-0.2, -0.15) is 5.26 Å². The highest BCUT2D eigenvalue weighted by Crippen LogP contribution is 2.29. The molecule has 88 valence electrons. The van der Waals surface area contributed by atoms with Crippen molar-refractivity contribution in [2.45, 2.75) is 0 Å². The predicted octanol–water partition coefficient (Wildman–Crippen LogP) is 3.83. The van der Waals surface area contributed by atoms with E-state index in [9.17, 15) is 9.18 Å². The van der Waals surface area contributed by atoms with E-state index in [4.69, 9.17) is 16.9 Å². The molecule has 0 aliphatic carbocycles. The minimum Gasteiger partial charge on any atom is -0.298 e. The van der Waals surface area contributed by atoms with Gasteiger partial charge in [-0.1, -0.05) is 23.7 Å². The quantitative estimate of drug-likeness (QED) is 0.769. The van der Waals surface area contributed by atoms with Crippen LogP contribution in [0.25, 0.3) is 11.1 Å². The smallest absolute Gasteiger partial charge is 0.150 e. The van der Waals surface area contributed by atoms with E-state index in [1.54, 1.807) is 18.2 Å². The van der Waals surface area contributed by atoms with Gasteiger partial charge in [-0.15, -0.1) is 0 Å². The monoisotopic (exact) mass is 259 g/mol. The van der Waals surface area contributed by atoms with Crippen molar-refractivity contribution in [2.75, 3.05) is 0 Å². The van der Waals surface area contributed by atoms with Gasteiger partial charge in [0.2, 0.25) is 0 Å². The van der Waals surface area contributed by atoms with Crippen molar-refractivity contribution in [3.05, 3.63) is 58.4 Å². The normalized spacial score (nSPS) is 9.83. The van der Waals surface area contributed by atoms with Crippen LogP contribution < -0.4 is 0 Å². The molecule has 0 atom stereocenters. The third kappa shape index (κ3) is 2.39. The van der Waals surface area contributed by atoms with Crippen LogP contribution in [0.4, 0.5) is 4.39 Å². The van der Waals surface area contributed by atoms with Gasteiger partial charge in [-0.05, 0) is 29.8 Å². The molecule has 0 fully saturated rings. The molecule has 0 spiro atoms. The lowest BCUT2D eigenvalue weighted by Gasteiger charge is -2.06. The van der Waals surface area contributed by atoms with Crippen LogP contribution in [0.15, 0.2) is 36.4 Å². The predicted molar refractivity (Wildman–Crippen MR) is 66.9 cm³/mol. The van der Waals surface area contributed by atoms with E-state index < -0.39 is 5.82 Å². The maximum atomic E-state index is 13.3. The van der Waals surface area contributed by atoms with Crippen LogP contribution in [-0.4, -0.2) is 6.29 Å². The van der Waals surface area contributed by atoms with Crippen molar-refractivity contribution in [2.24, 2.45) is 0 Å². The fourth-order valence-corrected chi connectivity index (χ4v) is 1.95. The van der Waals surface area contributed by atoms with Gasteiger partial charge < -0.3 is 0 Å². The van der Waals surface area contributed by atoms with Crippen molar-refractivity contribution < 1.29 is 9.18 Å². The first-order valence-electron chi connectivity index (χ1n) is 5.10. The number of carbonyl (C=O) groups is 1. The maximum Gasteiger partial charge on any atom is 0.150 e. The Kier molecular flexibility index (Phi) is 3.40. The molecule has 0 bridgehead atoms. The van der Waals surface area contributed by atoms with Crippen LogP contribution >= 0.6 is 11.6 Å². The van der Waals surface area contributed by atoms with Crippen molar-refractivity contribution in [1.82, 2.24) is 0 Å². The Morgan fingerprint density at radius 3 is 2.61 bits per heavy atom. The summed E-state index contributed by atoms with van der Waals surface area (Å²) in [6.07, 6.45) is 0.682. The summed E-state index contributed by atoms with van der Waals surface area (Å²) in [5, 5.41) is 9.13. The lowest BCUT2D eigenvalue weighted by molar-refractivity contribution is 0.112. The standard InChI is InChI=1S/C14H7ClFNO/c15-14-5-9(8-18)1-2-13(14)11-3-10(7-17)4-12(16)6-11/h1-6,8H. The molecule has 2 aromatic carbocycles. The molecule has 0 heterocycles. The van der Waals surface area contributed by atoms with E-state index in [1.165, 1.54) is 12.1 Å². The molecule has 2 nitrogen and oxygen atoms in total. The highest BCUT2D eigenvalue weighted by Gasteiger charge is 2.07. The largest absolute Gasteiger partial charge is 0.298 e. The van der Waals surface area contributed by atoms with Crippen molar-refractivity contribution in [3.63, 3.8) is 0 Å². The van der Waals surface area contributed by atoms with E-state index in [2.05, 4.69) is 0 Å². The second kappa shape index (κ2) is 4.99. The van der Waals surface area contributed by atoms with Gasteiger partial charge in [-0.3, -0.25) is 4.79 Å². The number of nitriles is 1. The van der Waals surface area contributed by atoms with Crippen LogP contribution in [0.1, 0.15) is 15.9 Å². The molecule has 0 unspecified atom stereocenters. The summed E-state index contributed by atoms with van der Waals surface area (Å²) in [6, 6.07) is 10.6. The number of aldehydes is 1. The van der Waals surface area contributed by atoms with Gasteiger partial charge in [0, 0.05) is 16.1 Å². The molecule has 0 saturated carbocycles. The lowest BCUT2D eigenvalue weighted by Crippen LogP contribution is -1.87. The van der Waals surface area contributed by atoms with Crippen LogP contribution in [0.5, 0.6) is 0 Å². The van der Waals surface area contributed by atoms with Gasteiger partial charge in [0.05, 0.1) is 11.6 Å².